The van der Waals surface area contributed by atoms with Crippen molar-refractivity contribution < 1.29 is 15.0 Å². The van der Waals surface area contributed by atoms with Gasteiger partial charge in [0.25, 0.3) is 0 Å². The number of amides is 1. The number of aliphatic hydroxyl groups is 2. The summed E-state index contributed by atoms with van der Waals surface area (Å²) in [5, 5.41) is 17.8. The van der Waals surface area contributed by atoms with Gasteiger partial charge in [-0.3, -0.25) is 4.79 Å². The minimum atomic E-state index is -0.569. The zero-order chi connectivity index (χ0) is 5.70. The summed E-state index contributed by atoms with van der Waals surface area (Å²) in [6.45, 7) is -0.986. The molecule has 0 rings (SSSR count). The van der Waals surface area contributed by atoms with Crippen LogP contribution in [0.4, 0.5) is 0 Å². The number of nitrogens with one attached hydrogen (secondary N) is 1. The first-order valence-electron chi connectivity index (χ1n) is 1.79. The third kappa shape index (κ3) is 3.21. The largest absolute Gasteiger partial charge is 0.387 e. The fourth-order valence-electron chi connectivity index (χ4n) is 0.144. The molecule has 0 aliphatic rings. The smallest absolute Gasteiger partial charge is 0.247 e. The number of carbonyl (C=O) groups is 1. The summed E-state index contributed by atoms with van der Waals surface area (Å²) in [6.07, 6.45) is 0. The topological polar surface area (TPSA) is 69.6 Å². The number of hydrogen-bond donors (Lipinski definition) is 3. The summed E-state index contributed by atoms with van der Waals surface area (Å²) in [4.78, 5) is 9.89. The molecule has 4 heteroatoms. The molecule has 42 valence electrons. The maximum absolute atomic E-state index is 9.89. The van der Waals surface area contributed by atoms with E-state index in [0.717, 1.165) is 0 Å². The summed E-state index contributed by atoms with van der Waals surface area (Å²) in [5.41, 5.74) is 0. The molecule has 3 N–H and O–H groups in total. The van der Waals surface area contributed by atoms with Gasteiger partial charge in [-0.1, -0.05) is 0 Å². The first kappa shape index (κ1) is 6.39. The van der Waals surface area contributed by atoms with E-state index in [9.17, 15) is 4.79 Å². The van der Waals surface area contributed by atoms with Crippen molar-refractivity contribution in [3.63, 3.8) is 0 Å². The van der Waals surface area contributed by atoms with E-state index in [1.54, 1.807) is 0 Å². The molecule has 0 heterocycles. The van der Waals surface area contributed by atoms with Gasteiger partial charge in [0, 0.05) is 0 Å². The highest BCUT2D eigenvalue weighted by molar-refractivity contribution is 5.76. The summed E-state index contributed by atoms with van der Waals surface area (Å²) in [6, 6.07) is 0. The average molecular weight is 105 g/mol. The van der Waals surface area contributed by atoms with Gasteiger partial charge in [-0.25, -0.2) is 0 Å². The van der Waals surface area contributed by atoms with E-state index in [1.807, 2.05) is 5.32 Å². The standard InChI is InChI=1S/C3H7NO3/c5-1-3(7)4-2-6/h5-6H,1-2H2,(H,4,7). The Balaban J connectivity index is 3.00. The van der Waals surface area contributed by atoms with E-state index < -0.39 is 19.2 Å². The van der Waals surface area contributed by atoms with Gasteiger partial charge in [-0.2, -0.15) is 0 Å². The third-order valence-corrected chi connectivity index (χ3v) is 0.420. The lowest BCUT2D eigenvalue weighted by Crippen LogP contribution is -2.26. The molecule has 0 aliphatic carbocycles. The Morgan fingerprint density at radius 1 is 1.57 bits per heavy atom. The van der Waals surface area contributed by atoms with Gasteiger partial charge < -0.3 is 15.5 Å². The Kier molecular flexibility index (Phi) is 3.26. The van der Waals surface area contributed by atoms with Gasteiger partial charge >= 0.3 is 0 Å². The highest BCUT2D eigenvalue weighted by atomic mass is 16.3. The van der Waals surface area contributed by atoms with Crippen LogP contribution in [0.25, 0.3) is 0 Å². The van der Waals surface area contributed by atoms with Crippen molar-refractivity contribution >= 4 is 5.91 Å². The lowest BCUT2D eigenvalue weighted by atomic mass is 10.7. The Hall–Kier alpha value is -0.610. The van der Waals surface area contributed by atoms with Crippen molar-refractivity contribution in [2.45, 2.75) is 0 Å². The molecule has 7 heavy (non-hydrogen) atoms. The van der Waals surface area contributed by atoms with E-state index in [2.05, 4.69) is 0 Å². The van der Waals surface area contributed by atoms with E-state index in [-0.39, 0.29) is 0 Å². The van der Waals surface area contributed by atoms with Crippen molar-refractivity contribution in [1.82, 2.24) is 5.32 Å². The van der Waals surface area contributed by atoms with Gasteiger partial charge in [-0.15, -0.1) is 0 Å². The number of carbonyl (C=O) groups excluding carboxylic acids is 1. The van der Waals surface area contributed by atoms with Gasteiger partial charge in [0.1, 0.15) is 13.3 Å². The molecule has 0 bridgehead atoms. The minimum Gasteiger partial charge on any atom is -0.387 e. The van der Waals surface area contributed by atoms with Crippen LogP contribution in [0.3, 0.4) is 0 Å². The summed E-state index contributed by atoms with van der Waals surface area (Å²) >= 11 is 0. The molecule has 0 radical (unpaired) electrons. The van der Waals surface area contributed by atoms with E-state index >= 15 is 0 Å². The normalized spacial score (nSPS) is 8.29. The number of aliphatic hydroxyl groups excluding tert-OH is 2. The Morgan fingerprint density at radius 3 is 2.29 bits per heavy atom. The second kappa shape index (κ2) is 3.58. The maximum atomic E-state index is 9.89. The second-order valence-corrected chi connectivity index (χ2v) is 0.916. The minimum absolute atomic E-state index is 0.417. The molecule has 0 saturated heterocycles. The van der Waals surface area contributed by atoms with Gasteiger partial charge in [0.2, 0.25) is 5.91 Å². The zero-order valence-electron chi connectivity index (χ0n) is 3.72. The monoisotopic (exact) mass is 105 g/mol. The Bertz CT molecular complexity index is 63.2. The van der Waals surface area contributed by atoms with Gasteiger partial charge in [-0.05, 0) is 0 Å². The average Bonchev–Trinajstić information content (AvgIpc) is 1.68. The highest BCUT2D eigenvalue weighted by Gasteiger charge is 1.90. The van der Waals surface area contributed by atoms with Crippen molar-refractivity contribution in [3.05, 3.63) is 0 Å². The Morgan fingerprint density at radius 2 is 2.14 bits per heavy atom. The second-order valence-electron chi connectivity index (χ2n) is 0.916. The molecule has 0 atom stereocenters. The molecule has 0 aromatic heterocycles. The molecular weight excluding hydrogens is 98.0 g/mol. The van der Waals surface area contributed by atoms with Crippen molar-refractivity contribution in [2.24, 2.45) is 0 Å². The van der Waals surface area contributed by atoms with Crippen molar-refractivity contribution in [3.8, 4) is 0 Å². The van der Waals surface area contributed by atoms with Crippen LogP contribution in [-0.4, -0.2) is 29.5 Å². The molecular formula is C3H7NO3. The van der Waals surface area contributed by atoms with Crippen LogP contribution in [0.2, 0.25) is 0 Å². The predicted octanol–water partition coefficient (Wildman–Crippen LogP) is -1.96. The Labute approximate surface area is 40.8 Å². The van der Waals surface area contributed by atoms with Gasteiger partial charge in [0.15, 0.2) is 0 Å². The molecule has 0 fully saturated rings. The molecule has 0 aromatic rings. The van der Waals surface area contributed by atoms with Gasteiger partial charge in [0.05, 0.1) is 0 Å². The zero-order valence-corrected chi connectivity index (χ0v) is 3.72. The quantitative estimate of drug-likeness (QED) is 0.357. The molecule has 1 amide bonds. The van der Waals surface area contributed by atoms with Crippen LogP contribution in [0.5, 0.6) is 0 Å². The summed E-state index contributed by atoms with van der Waals surface area (Å²) in [5.74, 6) is -0.567. The van der Waals surface area contributed by atoms with Crippen LogP contribution in [0.1, 0.15) is 0 Å². The fourth-order valence-corrected chi connectivity index (χ4v) is 0.144. The van der Waals surface area contributed by atoms with Crippen molar-refractivity contribution in [1.29, 1.82) is 0 Å². The molecule has 0 aromatic carbocycles. The van der Waals surface area contributed by atoms with Crippen LogP contribution in [-0.2, 0) is 4.79 Å². The molecule has 0 spiro atoms. The molecule has 4 nitrogen and oxygen atoms in total. The maximum Gasteiger partial charge on any atom is 0.247 e. The first-order chi connectivity index (χ1) is 3.31. The van der Waals surface area contributed by atoms with Crippen LogP contribution >= 0.6 is 0 Å². The number of hydrogen-bond acceptors (Lipinski definition) is 3. The van der Waals surface area contributed by atoms with E-state index in [4.69, 9.17) is 10.2 Å². The SMILES string of the molecule is O=C(CO)NCO. The molecule has 0 unspecified atom stereocenters. The van der Waals surface area contributed by atoms with Crippen LogP contribution in [0, 0.1) is 0 Å². The first-order valence-corrected chi connectivity index (χ1v) is 1.79. The van der Waals surface area contributed by atoms with Crippen molar-refractivity contribution in [2.75, 3.05) is 13.3 Å². The summed E-state index contributed by atoms with van der Waals surface area (Å²) < 4.78 is 0. The van der Waals surface area contributed by atoms with Crippen LogP contribution < -0.4 is 5.32 Å². The summed E-state index contributed by atoms with van der Waals surface area (Å²) in [7, 11) is 0. The fraction of sp³-hybridized carbons (Fsp3) is 0.667. The highest BCUT2D eigenvalue weighted by Crippen LogP contribution is 1.55. The van der Waals surface area contributed by atoms with E-state index in [0.29, 0.717) is 0 Å². The van der Waals surface area contributed by atoms with Crippen LogP contribution in [0.15, 0.2) is 0 Å². The third-order valence-electron chi connectivity index (χ3n) is 0.420. The molecule has 0 saturated carbocycles. The number of rotatable bonds is 2. The molecule has 0 aliphatic heterocycles. The lowest BCUT2D eigenvalue weighted by molar-refractivity contribution is -0.124. The predicted molar refractivity (Wildman–Crippen MR) is 22.3 cm³/mol. The van der Waals surface area contributed by atoms with E-state index in [1.165, 1.54) is 0 Å². The lowest BCUT2D eigenvalue weighted by Gasteiger charge is -1.92.